The Bertz CT molecular complexity index is 772. The van der Waals surface area contributed by atoms with Crippen LogP contribution in [0.4, 0.5) is 22.1 Å². The largest absolute Gasteiger partial charge is 0.361 e. The van der Waals surface area contributed by atoms with E-state index in [1.807, 2.05) is 50.2 Å². The Balaban J connectivity index is 1.55. The van der Waals surface area contributed by atoms with Crippen molar-refractivity contribution < 1.29 is 4.79 Å². The van der Waals surface area contributed by atoms with Gasteiger partial charge >= 0.3 is 6.03 Å². The van der Waals surface area contributed by atoms with Gasteiger partial charge in [0.2, 0.25) is 0 Å². The van der Waals surface area contributed by atoms with Crippen LogP contribution in [0.2, 0.25) is 5.02 Å². The van der Waals surface area contributed by atoms with E-state index in [-0.39, 0.29) is 6.03 Å². The van der Waals surface area contributed by atoms with E-state index in [0.717, 1.165) is 30.3 Å². The zero-order valence-electron chi connectivity index (χ0n) is 15.2. The van der Waals surface area contributed by atoms with E-state index in [0.29, 0.717) is 23.8 Å². The molecular weight excluding hydrogens is 352 g/mol. The van der Waals surface area contributed by atoms with Crippen LogP contribution in [-0.4, -0.2) is 61.4 Å². The number of hydrogen-bond acceptors (Lipinski definition) is 5. The minimum Gasteiger partial charge on any atom is -0.361 e. The van der Waals surface area contributed by atoms with Gasteiger partial charge in [-0.2, -0.15) is 0 Å². The fraction of sp³-hybridized carbons (Fsp3) is 0.389. The molecule has 7 nitrogen and oxygen atoms in total. The second-order valence-electron chi connectivity index (χ2n) is 6.51. The lowest BCUT2D eigenvalue weighted by molar-refractivity contribution is 0.208. The van der Waals surface area contributed by atoms with Crippen molar-refractivity contribution in [3.63, 3.8) is 0 Å². The first-order valence-corrected chi connectivity index (χ1v) is 8.90. The number of carbonyl (C=O) groups excluding carboxylic acids is 1. The molecule has 2 heterocycles. The number of nitrogens with one attached hydrogen (secondary N) is 1. The summed E-state index contributed by atoms with van der Waals surface area (Å²) in [5.41, 5.74) is 1.69. The Hall–Kier alpha value is -2.54. The number of aryl methyl sites for hydroxylation is 1. The number of halogens is 1. The number of urea groups is 1. The Kier molecular flexibility index (Phi) is 5.46. The Morgan fingerprint density at radius 3 is 2.42 bits per heavy atom. The number of anilines is 3. The van der Waals surface area contributed by atoms with Gasteiger partial charge < -0.3 is 20.0 Å². The maximum atomic E-state index is 12.4. The predicted molar refractivity (Wildman–Crippen MR) is 105 cm³/mol. The zero-order chi connectivity index (χ0) is 18.7. The number of rotatable bonds is 3. The van der Waals surface area contributed by atoms with E-state index in [9.17, 15) is 4.79 Å². The monoisotopic (exact) mass is 374 g/mol. The molecule has 8 heteroatoms. The molecule has 2 aromatic rings. The molecule has 1 saturated heterocycles. The van der Waals surface area contributed by atoms with Crippen molar-refractivity contribution in [3.05, 3.63) is 40.9 Å². The van der Waals surface area contributed by atoms with Gasteiger partial charge in [-0.15, -0.1) is 10.2 Å². The van der Waals surface area contributed by atoms with Crippen LogP contribution in [0.25, 0.3) is 0 Å². The molecule has 26 heavy (non-hydrogen) atoms. The zero-order valence-corrected chi connectivity index (χ0v) is 16.0. The molecule has 1 aliphatic rings. The van der Waals surface area contributed by atoms with Crippen LogP contribution >= 0.6 is 11.6 Å². The quantitative estimate of drug-likeness (QED) is 0.894. The third-order valence-corrected chi connectivity index (χ3v) is 4.82. The summed E-state index contributed by atoms with van der Waals surface area (Å²) in [5.74, 6) is 1.66. The van der Waals surface area contributed by atoms with Crippen LogP contribution in [0, 0.1) is 6.92 Å². The van der Waals surface area contributed by atoms with Crippen LogP contribution in [0.5, 0.6) is 0 Å². The lowest BCUT2D eigenvalue weighted by Crippen LogP contribution is -2.50. The summed E-state index contributed by atoms with van der Waals surface area (Å²) in [6.45, 7) is 4.63. The Labute approximate surface area is 158 Å². The molecule has 138 valence electrons. The van der Waals surface area contributed by atoms with Gasteiger partial charge in [-0.25, -0.2) is 4.79 Å². The Morgan fingerprint density at radius 1 is 1.12 bits per heavy atom. The topological polar surface area (TPSA) is 64.6 Å². The van der Waals surface area contributed by atoms with Gasteiger partial charge in [-0.1, -0.05) is 17.7 Å². The minimum absolute atomic E-state index is 0.112. The molecule has 1 aromatic carbocycles. The number of piperazine rings is 1. The maximum absolute atomic E-state index is 12.4. The molecule has 2 amide bonds. The third-order valence-electron chi connectivity index (χ3n) is 4.41. The van der Waals surface area contributed by atoms with E-state index < -0.39 is 0 Å². The summed E-state index contributed by atoms with van der Waals surface area (Å²) in [6, 6.07) is 9.32. The average Bonchev–Trinajstić information content (AvgIpc) is 2.65. The highest BCUT2D eigenvalue weighted by molar-refractivity contribution is 6.31. The number of amides is 2. The van der Waals surface area contributed by atoms with E-state index in [1.165, 1.54) is 0 Å². The van der Waals surface area contributed by atoms with Gasteiger partial charge in [-0.05, 0) is 36.8 Å². The molecule has 1 aromatic heterocycles. The predicted octanol–water partition coefficient (Wildman–Crippen LogP) is 2.86. The van der Waals surface area contributed by atoms with Crippen LogP contribution < -0.4 is 15.1 Å². The second kappa shape index (κ2) is 7.78. The summed E-state index contributed by atoms with van der Waals surface area (Å²) in [7, 11) is 3.87. The van der Waals surface area contributed by atoms with Crippen molar-refractivity contribution in [2.24, 2.45) is 0 Å². The molecule has 1 N–H and O–H groups in total. The standard InChI is InChI=1S/C18H23ClN6O/c1-13-4-5-14(12-15(13)19)20-18(26)25-10-8-24(9-11-25)17-7-6-16(21-22-17)23(2)3/h4-7,12H,8-11H2,1-3H3,(H,20,26). The maximum Gasteiger partial charge on any atom is 0.321 e. The fourth-order valence-corrected chi connectivity index (χ4v) is 2.92. The lowest BCUT2D eigenvalue weighted by atomic mass is 10.2. The normalized spacial score (nSPS) is 14.3. The van der Waals surface area contributed by atoms with Crippen molar-refractivity contribution in [3.8, 4) is 0 Å². The molecule has 3 rings (SSSR count). The second-order valence-corrected chi connectivity index (χ2v) is 6.92. The molecule has 0 aliphatic carbocycles. The van der Waals surface area contributed by atoms with Gasteiger partial charge in [0.1, 0.15) is 0 Å². The first-order chi connectivity index (χ1) is 12.4. The van der Waals surface area contributed by atoms with Crippen LogP contribution in [0.3, 0.4) is 0 Å². The molecule has 1 aliphatic heterocycles. The summed E-state index contributed by atoms with van der Waals surface area (Å²) in [4.78, 5) is 18.3. The fourth-order valence-electron chi connectivity index (χ4n) is 2.74. The highest BCUT2D eigenvalue weighted by atomic mass is 35.5. The van der Waals surface area contributed by atoms with E-state index in [2.05, 4.69) is 20.4 Å². The first-order valence-electron chi connectivity index (χ1n) is 8.52. The number of carbonyl (C=O) groups is 1. The highest BCUT2D eigenvalue weighted by Crippen LogP contribution is 2.21. The third kappa shape index (κ3) is 4.16. The summed E-state index contributed by atoms with van der Waals surface area (Å²) >= 11 is 6.11. The molecular formula is C18H23ClN6O. The average molecular weight is 375 g/mol. The smallest absolute Gasteiger partial charge is 0.321 e. The number of hydrogen-bond donors (Lipinski definition) is 1. The summed E-state index contributed by atoms with van der Waals surface area (Å²) in [5, 5.41) is 12.0. The number of nitrogens with zero attached hydrogens (tertiary/aromatic N) is 5. The highest BCUT2D eigenvalue weighted by Gasteiger charge is 2.22. The van der Waals surface area contributed by atoms with Gasteiger partial charge in [0.05, 0.1) is 0 Å². The van der Waals surface area contributed by atoms with Gasteiger partial charge in [-0.3, -0.25) is 0 Å². The van der Waals surface area contributed by atoms with Crippen LogP contribution in [0.1, 0.15) is 5.56 Å². The van der Waals surface area contributed by atoms with Crippen LogP contribution in [-0.2, 0) is 0 Å². The van der Waals surface area contributed by atoms with Crippen molar-refractivity contribution in [1.29, 1.82) is 0 Å². The number of aromatic nitrogens is 2. The summed E-state index contributed by atoms with van der Waals surface area (Å²) in [6.07, 6.45) is 0. The SMILES string of the molecule is Cc1ccc(NC(=O)N2CCN(c3ccc(N(C)C)nn3)CC2)cc1Cl. The molecule has 0 radical (unpaired) electrons. The van der Waals surface area contributed by atoms with Gasteiger partial charge in [0.15, 0.2) is 11.6 Å². The Morgan fingerprint density at radius 2 is 1.85 bits per heavy atom. The van der Waals surface area contributed by atoms with Crippen molar-refractivity contribution in [2.45, 2.75) is 6.92 Å². The molecule has 0 saturated carbocycles. The van der Waals surface area contributed by atoms with Crippen molar-refractivity contribution >= 4 is 35.0 Å². The van der Waals surface area contributed by atoms with Crippen molar-refractivity contribution in [2.75, 3.05) is 55.4 Å². The van der Waals surface area contributed by atoms with E-state index in [1.54, 1.807) is 11.0 Å². The molecule has 0 spiro atoms. The van der Waals surface area contributed by atoms with E-state index in [4.69, 9.17) is 11.6 Å². The summed E-state index contributed by atoms with van der Waals surface area (Å²) < 4.78 is 0. The van der Waals surface area contributed by atoms with Crippen LogP contribution in [0.15, 0.2) is 30.3 Å². The minimum atomic E-state index is -0.112. The first kappa shape index (κ1) is 18.3. The number of benzene rings is 1. The molecule has 1 fully saturated rings. The lowest BCUT2D eigenvalue weighted by Gasteiger charge is -2.35. The molecule has 0 bridgehead atoms. The van der Waals surface area contributed by atoms with Gasteiger partial charge in [0, 0.05) is 51.0 Å². The van der Waals surface area contributed by atoms with Crippen molar-refractivity contribution in [1.82, 2.24) is 15.1 Å². The molecule has 0 atom stereocenters. The molecule has 0 unspecified atom stereocenters. The van der Waals surface area contributed by atoms with E-state index >= 15 is 0 Å². The van der Waals surface area contributed by atoms with Gasteiger partial charge in [0.25, 0.3) is 0 Å².